The van der Waals surface area contributed by atoms with Crippen molar-refractivity contribution >= 4 is 50.0 Å². The minimum absolute atomic E-state index is 0.0627. The van der Waals surface area contributed by atoms with Gasteiger partial charge in [-0.3, -0.25) is 19.2 Å². The van der Waals surface area contributed by atoms with Crippen LogP contribution < -0.4 is 14.9 Å². The maximum absolute atomic E-state index is 13.0. The third-order valence-electron chi connectivity index (χ3n) is 5.86. The van der Waals surface area contributed by atoms with Crippen molar-refractivity contribution < 1.29 is 18.1 Å². The van der Waals surface area contributed by atoms with Crippen molar-refractivity contribution in [1.29, 1.82) is 0 Å². The molecule has 4 rings (SSSR count). The summed E-state index contributed by atoms with van der Waals surface area (Å²) < 4.78 is 26.1. The van der Waals surface area contributed by atoms with Crippen LogP contribution in [0.3, 0.4) is 0 Å². The van der Waals surface area contributed by atoms with E-state index in [2.05, 4.69) is 10.6 Å². The molecule has 1 amide bonds. The van der Waals surface area contributed by atoms with E-state index in [0.717, 1.165) is 0 Å². The molecule has 0 aliphatic carbocycles. The lowest BCUT2D eigenvalue weighted by Gasteiger charge is -2.24. The lowest BCUT2D eigenvalue weighted by atomic mass is 10.00. The summed E-state index contributed by atoms with van der Waals surface area (Å²) in [6.45, 7) is 0.853. The van der Waals surface area contributed by atoms with Gasteiger partial charge in [-0.2, -0.15) is 0 Å². The number of anilines is 3. The highest BCUT2D eigenvalue weighted by Gasteiger charge is 2.28. The number of nitrogens with zero attached hydrogens (tertiary/aromatic N) is 3. The molecule has 0 spiro atoms. The Bertz CT molecular complexity index is 1470. The molecule has 10 nitrogen and oxygen atoms in total. The van der Waals surface area contributed by atoms with Crippen LogP contribution in [0.5, 0.6) is 0 Å². The van der Waals surface area contributed by atoms with Crippen LogP contribution in [0.4, 0.5) is 22.7 Å². The summed E-state index contributed by atoms with van der Waals surface area (Å²) in [4.78, 5) is 25.6. The molecule has 0 atom stereocenters. The highest BCUT2D eigenvalue weighted by atomic mass is 32.2. The van der Waals surface area contributed by atoms with Gasteiger partial charge in [-0.15, -0.1) is 0 Å². The Labute approximate surface area is 215 Å². The van der Waals surface area contributed by atoms with E-state index in [4.69, 9.17) is 0 Å². The van der Waals surface area contributed by atoms with Crippen molar-refractivity contribution in [3.63, 3.8) is 0 Å². The fourth-order valence-electron chi connectivity index (χ4n) is 4.03. The average molecular weight is 522 g/mol. The number of carbonyl (C=O) groups is 1. The molecule has 2 N–H and O–H groups in total. The Kier molecular flexibility index (Phi) is 7.28. The summed E-state index contributed by atoms with van der Waals surface area (Å²) >= 11 is 0. The molecule has 3 aromatic carbocycles. The Hall–Kier alpha value is -4.22. The van der Waals surface area contributed by atoms with E-state index < -0.39 is 14.9 Å². The number of rotatable bonds is 9. The summed E-state index contributed by atoms with van der Waals surface area (Å²) in [5.41, 5.74) is 3.90. The number of nitro benzene ring substituents is 1. The number of fused-ring (bicyclic) bond motifs is 1. The van der Waals surface area contributed by atoms with Crippen molar-refractivity contribution in [3.05, 3.63) is 94.0 Å². The van der Waals surface area contributed by atoms with Gasteiger partial charge in [-0.05, 0) is 62.1 Å². The Morgan fingerprint density at radius 1 is 0.973 bits per heavy atom. The van der Waals surface area contributed by atoms with E-state index >= 15 is 0 Å². The van der Waals surface area contributed by atoms with Crippen LogP contribution in [0.15, 0.2) is 72.8 Å². The SMILES string of the molecule is CN(C)CCN(c1ccc(NC(=C2C(=O)Nc3ccccc32)c2ccc([N+](=O)[O-])cc2)cc1)S(C)(=O)=O. The number of sulfonamides is 1. The van der Waals surface area contributed by atoms with Gasteiger partial charge in [0.05, 0.1) is 28.1 Å². The normalized spacial score (nSPS) is 14.2. The van der Waals surface area contributed by atoms with Crippen LogP contribution in [0.1, 0.15) is 11.1 Å². The third kappa shape index (κ3) is 5.79. The average Bonchev–Trinajstić information content (AvgIpc) is 3.18. The monoisotopic (exact) mass is 521 g/mol. The fourth-order valence-corrected chi connectivity index (χ4v) is 4.94. The Morgan fingerprint density at radius 3 is 2.22 bits per heavy atom. The molecule has 11 heteroatoms. The zero-order valence-electron chi connectivity index (χ0n) is 20.6. The van der Waals surface area contributed by atoms with E-state index in [1.54, 1.807) is 42.5 Å². The van der Waals surface area contributed by atoms with Crippen LogP contribution in [0.25, 0.3) is 11.3 Å². The van der Waals surface area contributed by atoms with E-state index in [-0.39, 0.29) is 11.6 Å². The second-order valence-electron chi connectivity index (χ2n) is 8.86. The van der Waals surface area contributed by atoms with Crippen LogP contribution in [0, 0.1) is 10.1 Å². The summed E-state index contributed by atoms with van der Waals surface area (Å²) in [6, 6.07) is 20.1. The van der Waals surface area contributed by atoms with Gasteiger partial charge in [-0.25, -0.2) is 8.42 Å². The van der Waals surface area contributed by atoms with E-state index in [1.807, 2.05) is 37.2 Å². The van der Waals surface area contributed by atoms with Crippen LogP contribution in [-0.2, 0) is 14.8 Å². The summed E-state index contributed by atoms with van der Waals surface area (Å²) in [6.07, 6.45) is 1.17. The van der Waals surface area contributed by atoms with Gasteiger partial charge in [-0.1, -0.05) is 18.2 Å². The molecule has 0 saturated carbocycles. The maximum atomic E-state index is 13.0. The Morgan fingerprint density at radius 2 is 1.62 bits per heavy atom. The molecular weight excluding hydrogens is 494 g/mol. The largest absolute Gasteiger partial charge is 0.354 e. The van der Waals surface area contributed by atoms with Crippen molar-refractivity contribution in [2.75, 3.05) is 48.4 Å². The van der Waals surface area contributed by atoms with Gasteiger partial charge in [0.2, 0.25) is 10.0 Å². The number of amides is 1. The minimum Gasteiger partial charge on any atom is -0.354 e. The maximum Gasteiger partial charge on any atom is 0.269 e. The molecule has 0 unspecified atom stereocenters. The Balaban J connectivity index is 1.74. The van der Waals surface area contributed by atoms with Gasteiger partial charge in [0.15, 0.2) is 0 Å². The second-order valence-corrected chi connectivity index (χ2v) is 10.8. The molecule has 0 aromatic heterocycles. The number of para-hydroxylation sites is 1. The zero-order chi connectivity index (χ0) is 26.7. The van der Waals surface area contributed by atoms with Gasteiger partial charge in [0.1, 0.15) is 0 Å². The molecule has 192 valence electrons. The zero-order valence-corrected chi connectivity index (χ0v) is 21.5. The number of likely N-dealkylation sites (N-methyl/N-ethyl adjacent to an activating group) is 1. The summed E-state index contributed by atoms with van der Waals surface area (Å²) in [7, 11) is 0.258. The second kappa shape index (κ2) is 10.4. The highest BCUT2D eigenvalue weighted by molar-refractivity contribution is 7.92. The summed E-state index contributed by atoms with van der Waals surface area (Å²) in [5, 5.41) is 17.3. The quantitative estimate of drug-likeness (QED) is 0.249. The van der Waals surface area contributed by atoms with E-state index in [9.17, 15) is 23.3 Å². The molecule has 0 fully saturated rings. The molecule has 1 aliphatic heterocycles. The smallest absolute Gasteiger partial charge is 0.269 e. The first-order valence-corrected chi connectivity index (χ1v) is 13.3. The first kappa shape index (κ1) is 25.9. The number of carbonyl (C=O) groups excluding carboxylic acids is 1. The number of nitrogens with one attached hydrogen (secondary N) is 2. The van der Waals surface area contributed by atoms with Gasteiger partial charge in [0, 0.05) is 42.2 Å². The number of benzene rings is 3. The fraction of sp³-hybridized carbons (Fsp3) is 0.192. The van der Waals surface area contributed by atoms with Crippen molar-refractivity contribution in [2.45, 2.75) is 0 Å². The molecule has 1 heterocycles. The highest BCUT2D eigenvalue weighted by Crippen LogP contribution is 2.37. The third-order valence-corrected chi connectivity index (χ3v) is 7.06. The lowest BCUT2D eigenvalue weighted by Crippen LogP contribution is -2.35. The van der Waals surface area contributed by atoms with Gasteiger partial charge in [0.25, 0.3) is 11.6 Å². The molecule has 0 bridgehead atoms. The number of non-ortho nitro benzene ring substituents is 1. The number of nitro groups is 1. The predicted molar refractivity (Wildman–Crippen MR) is 146 cm³/mol. The van der Waals surface area contributed by atoms with Crippen LogP contribution in [-0.4, -0.2) is 57.6 Å². The van der Waals surface area contributed by atoms with Gasteiger partial charge >= 0.3 is 0 Å². The molecule has 0 saturated heterocycles. The molecule has 1 aliphatic rings. The number of hydrogen-bond donors (Lipinski definition) is 2. The first-order chi connectivity index (χ1) is 17.5. The minimum atomic E-state index is -3.49. The first-order valence-electron chi connectivity index (χ1n) is 11.4. The van der Waals surface area contributed by atoms with Crippen LogP contribution >= 0.6 is 0 Å². The van der Waals surface area contributed by atoms with E-state index in [1.165, 1.54) is 22.7 Å². The molecule has 37 heavy (non-hydrogen) atoms. The van der Waals surface area contributed by atoms with E-state index in [0.29, 0.717) is 52.5 Å². The summed E-state index contributed by atoms with van der Waals surface area (Å²) in [5.74, 6) is -0.300. The number of hydrogen-bond acceptors (Lipinski definition) is 7. The topological polar surface area (TPSA) is 125 Å². The molecule has 3 aromatic rings. The molecular formula is C26H27N5O5S. The van der Waals surface area contributed by atoms with Gasteiger partial charge < -0.3 is 15.5 Å². The lowest BCUT2D eigenvalue weighted by molar-refractivity contribution is -0.384. The predicted octanol–water partition coefficient (Wildman–Crippen LogP) is 3.85. The van der Waals surface area contributed by atoms with Crippen molar-refractivity contribution in [2.24, 2.45) is 0 Å². The van der Waals surface area contributed by atoms with Crippen molar-refractivity contribution in [1.82, 2.24) is 4.90 Å². The standard InChI is InChI=1S/C26H27N5O5S/c1-29(2)16-17-30(37(3,35)36)20-14-10-19(11-15-20)27-25(18-8-12-21(13-9-18)31(33)34)24-22-6-4-5-7-23(22)28-26(24)32/h4-15,27H,16-17H2,1-3H3,(H,28,32). The van der Waals surface area contributed by atoms with Crippen LogP contribution in [0.2, 0.25) is 0 Å². The van der Waals surface area contributed by atoms with Crippen molar-refractivity contribution in [3.8, 4) is 0 Å². The molecule has 0 radical (unpaired) electrons.